The molecule has 1 aromatic carbocycles. The van der Waals surface area contributed by atoms with Crippen LogP contribution in [-0.2, 0) is 5.41 Å². The summed E-state index contributed by atoms with van der Waals surface area (Å²) in [7, 11) is 0. The summed E-state index contributed by atoms with van der Waals surface area (Å²) >= 11 is 0. The highest BCUT2D eigenvalue weighted by Gasteiger charge is 2.14. The van der Waals surface area contributed by atoms with Crippen LogP contribution in [0.2, 0.25) is 0 Å². The second kappa shape index (κ2) is 5.22. The fourth-order valence-corrected chi connectivity index (χ4v) is 1.89. The van der Waals surface area contributed by atoms with E-state index in [1.54, 1.807) is 6.20 Å². The van der Waals surface area contributed by atoms with Crippen LogP contribution in [0.4, 0.5) is 0 Å². The molecule has 1 aromatic heterocycles. The van der Waals surface area contributed by atoms with Crippen LogP contribution in [0.1, 0.15) is 37.6 Å². The van der Waals surface area contributed by atoms with Gasteiger partial charge in [-0.3, -0.25) is 4.98 Å². The molecule has 0 spiro atoms. The molecule has 0 radical (unpaired) electrons. The summed E-state index contributed by atoms with van der Waals surface area (Å²) < 4.78 is 0. The lowest BCUT2D eigenvalue weighted by Gasteiger charge is -2.19. The van der Waals surface area contributed by atoms with Crippen LogP contribution in [0.15, 0.2) is 53.8 Å². The third-order valence-electron chi connectivity index (χ3n) is 3.03. The summed E-state index contributed by atoms with van der Waals surface area (Å²) in [5, 5.41) is 12.6. The molecule has 0 atom stereocenters. The van der Waals surface area contributed by atoms with E-state index >= 15 is 0 Å². The maximum Gasteiger partial charge on any atom is 0.135 e. The van der Waals surface area contributed by atoms with Gasteiger partial charge in [0, 0.05) is 11.8 Å². The molecular formula is C16H18N2O. The van der Waals surface area contributed by atoms with Gasteiger partial charge in [0.05, 0.1) is 5.69 Å². The maximum absolute atomic E-state index is 9.21. The van der Waals surface area contributed by atoms with Gasteiger partial charge in [-0.1, -0.05) is 56.3 Å². The Morgan fingerprint density at radius 2 is 1.74 bits per heavy atom. The highest BCUT2D eigenvalue weighted by atomic mass is 16.4. The van der Waals surface area contributed by atoms with Gasteiger partial charge in [0.15, 0.2) is 0 Å². The molecule has 0 saturated heterocycles. The van der Waals surface area contributed by atoms with Gasteiger partial charge in [-0.25, -0.2) is 0 Å². The molecule has 98 valence electrons. The van der Waals surface area contributed by atoms with E-state index in [1.165, 1.54) is 5.56 Å². The van der Waals surface area contributed by atoms with E-state index in [-0.39, 0.29) is 5.41 Å². The molecule has 0 fully saturated rings. The minimum atomic E-state index is 0.111. The SMILES string of the molecule is CC(C)(C)c1ccc(C(=NO)c2ccccn2)cc1. The number of benzene rings is 1. The molecule has 19 heavy (non-hydrogen) atoms. The molecule has 3 heteroatoms. The summed E-state index contributed by atoms with van der Waals surface area (Å²) in [5.74, 6) is 0. The molecule has 0 aliphatic carbocycles. The minimum absolute atomic E-state index is 0.111. The largest absolute Gasteiger partial charge is 0.410 e. The molecule has 2 rings (SSSR count). The first-order valence-electron chi connectivity index (χ1n) is 6.27. The number of rotatable bonds is 2. The van der Waals surface area contributed by atoms with E-state index in [2.05, 4.69) is 43.0 Å². The van der Waals surface area contributed by atoms with E-state index in [4.69, 9.17) is 0 Å². The molecular weight excluding hydrogens is 236 g/mol. The zero-order valence-corrected chi connectivity index (χ0v) is 11.5. The van der Waals surface area contributed by atoms with Crippen molar-refractivity contribution < 1.29 is 5.21 Å². The Hall–Kier alpha value is -2.16. The third-order valence-corrected chi connectivity index (χ3v) is 3.03. The van der Waals surface area contributed by atoms with Crippen molar-refractivity contribution in [2.45, 2.75) is 26.2 Å². The molecule has 1 N–H and O–H groups in total. The Morgan fingerprint density at radius 1 is 1.05 bits per heavy atom. The Bertz CT molecular complexity index is 566. The first kappa shape index (κ1) is 13.3. The predicted octanol–water partition coefficient (Wildman–Crippen LogP) is 3.61. The smallest absolute Gasteiger partial charge is 0.135 e. The first-order valence-corrected chi connectivity index (χ1v) is 6.27. The lowest BCUT2D eigenvalue weighted by Crippen LogP contribution is -2.12. The number of hydrogen-bond donors (Lipinski definition) is 1. The molecule has 0 unspecified atom stereocenters. The van der Waals surface area contributed by atoms with E-state index in [1.807, 2.05) is 30.3 Å². The summed E-state index contributed by atoms with van der Waals surface area (Å²) in [6.07, 6.45) is 1.68. The van der Waals surface area contributed by atoms with E-state index in [0.29, 0.717) is 11.4 Å². The molecule has 2 aromatic rings. The monoisotopic (exact) mass is 254 g/mol. The Labute approximate surface area is 113 Å². The summed E-state index contributed by atoms with van der Waals surface area (Å²) in [5.41, 5.74) is 3.36. The maximum atomic E-state index is 9.21. The highest BCUT2D eigenvalue weighted by Crippen LogP contribution is 2.22. The molecule has 0 aliphatic heterocycles. The molecule has 0 bridgehead atoms. The molecule has 3 nitrogen and oxygen atoms in total. The van der Waals surface area contributed by atoms with Crippen LogP contribution in [0.25, 0.3) is 0 Å². The quantitative estimate of drug-likeness (QED) is 0.505. The van der Waals surface area contributed by atoms with Crippen LogP contribution >= 0.6 is 0 Å². The van der Waals surface area contributed by atoms with Crippen LogP contribution in [0, 0.1) is 0 Å². The van der Waals surface area contributed by atoms with Crippen LogP contribution in [0.5, 0.6) is 0 Å². The second-order valence-electron chi connectivity index (χ2n) is 5.49. The van der Waals surface area contributed by atoms with Crippen molar-refractivity contribution in [3.63, 3.8) is 0 Å². The normalized spacial score (nSPS) is 12.5. The van der Waals surface area contributed by atoms with Gasteiger partial charge in [0.1, 0.15) is 5.71 Å². The Morgan fingerprint density at radius 3 is 2.21 bits per heavy atom. The number of hydrogen-bond acceptors (Lipinski definition) is 3. The van der Waals surface area contributed by atoms with Crippen molar-refractivity contribution >= 4 is 5.71 Å². The van der Waals surface area contributed by atoms with Crippen LogP contribution < -0.4 is 0 Å². The van der Waals surface area contributed by atoms with Crippen molar-refractivity contribution in [2.75, 3.05) is 0 Å². The number of nitrogens with zero attached hydrogens (tertiary/aromatic N) is 2. The predicted molar refractivity (Wildman–Crippen MR) is 76.8 cm³/mol. The number of oxime groups is 1. The molecule has 0 aliphatic rings. The summed E-state index contributed by atoms with van der Waals surface area (Å²) in [6, 6.07) is 13.6. The molecule has 1 heterocycles. The standard InChI is InChI=1S/C16H18N2O/c1-16(2,3)13-9-7-12(8-10-13)15(18-19)14-6-4-5-11-17-14/h4-11,19H,1-3H3. The van der Waals surface area contributed by atoms with Crippen molar-refractivity contribution in [2.24, 2.45) is 5.16 Å². The topological polar surface area (TPSA) is 45.5 Å². The Balaban J connectivity index is 2.37. The zero-order valence-electron chi connectivity index (χ0n) is 11.5. The van der Waals surface area contributed by atoms with Gasteiger partial charge >= 0.3 is 0 Å². The second-order valence-corrected chi connectivity index (χ2v) is 5.49. The highest BCUT2D eigenvalue weighted by molar-refractivity contribution is 6.11. The van der Waals surface area contributed by atoms with Crippen molar-refractivity contribution in [1.82, 2.24) is 4.98 Å². The average molecular weight is 254 g/mol. The van der Waals surface area contributed by atoms with Crippen molar-refractivity contribution in [3.05, 3.63) is 65.5 Å². The lowest BCUT2D eigenvalue weighted by atomic mass is 9.86. The van der Waals surface area contributed by atoms with Gasteiger partial charge in [-0.05, 0) is 23.1 Å². The summed E-state index contributed by atoms with van der Waals surface area (Å²) in [6.45, 7) is 6.51. The minimum Gasteiger partial charge on any atom is -0.410 e. The van der Waals surface area contributed by atoms with Gasteiger partial charge in [-0.2, -0.15) is 0 Å². The van der Waals surface area contributed by atoms with Gasteiger partial charge in [0.2, 0.25) is 0 Å². The summed E-state index contributed by atoms with van der Waals surface area (Å²) in [4.78, 5) is 4.21. The number of pyridine rings is 1. The van der Waals surface area contributed by atoms with Crippen LogP contribution in [-0.4, -0.2) is 15.9 Å². The number of aromatic nitrogens is 1. The van der Waals surface area contributed by atoms with Crippen molar-refractivity contribution in [1.29, 1.82) is 0 Å². The van der Waals surface area contributed by atoms with E-state index < -0.39 is 0 Å². The lowest BCUT2D eigenvalue weighted by molar-refractivity contribution is 0.319. The Kier molecular flexibility index (Phi) is 3.65. The fourth-order valence-electron chi connectivity index (χ4n) is 1.89. The van der Waals surface area contributed by atoms with Gasteiger partial charge in [0.25, 0.3) is 0 Å². The van der Waals surface area contributed by atoms with E-state index in [9.17, 15) is 5.21 Å². The zero-order chi connectivity index (χ0) is 13.9. The third kappa shape index (κ3) is 2.99. The first-order chi connectivity index (χ1) is 9.02. The molecule has 0 saturated carbocycles. The average Bonchev–Trinajstić information content (AvgIpc) is 2.40. The van der Waals surface area contributed by atoms with Gasteiger partial charge < -0.3 is 5.21 Å². The van der Waals surface area contributed by atoms with E-state index in [0.717, 1.165) is 5.56 Å². The fraction of sp³-hybridized carbons (Fsp3) is 0.250. The molecule has 0 amide bonds. The van der Waals surface area contributed by atoms with Gasteiger partial charge in [-0.15, -0.1) is 0 Å². The van der Waals surface area contributed by atoms with Crippen LogP contribution in [0.3, 0.4) is 0 Å². The van der Waals surface area contributed by atoms with Crippen molar-refractivity contribution in [3.8, 4) is 0 Å².